The molecule has 0 saturated carbocycles. The van der Waals surface area contributed by atoms with Crippen LogP contribution >= 0.6 is 0 Å². The molecule has 35 heavy (non-hydrogen) atoms. The van der Waals surface area contributed by atoms with Gasteiger partial charge in [-0.2, -0.15) is 0 Å². The number of nitrogens with one attached hydrogen (secondary N) is 1. The van der Waals surface area contributed by atoms with Crippen molar-refractivity contribution in [1.29, 1.82) is 0 Å². The number of carbonyl (C=O) groups excluding carboxylic acids is 2. The van der Waals surface area contributed by atoms with Gasteiger partial charge in [-0.3, -0.25) is 24.3 Å². The minimum Gasteiger partial charge on any atom is -0.444 e. The smallest absolute Gasteiger partial charge is 0.331 e. The molecule has 3 rings (SSSR count). The van der Waals surface area contributed by atoms with Crippen molar-refractivity contribution in [3.63, 3.8) is 0 Å². The van der Waals surface area contributed by atoms with E-state index in [1.54, 1.807) is 43.3 Å². The molecule has 2 aromatic carbocycles. The molecule has 3 aromatic rings. The summed E-state index contributed by atoms with van der Waals surface area (Å²) >= 11 is 0. The fourth-order valence-electron chi connectivity index (χ4n) is 3.26. The SMILES string of the molecule is Cc1ccc(NC(=O)C(OC(=O)/C=C/c2cn(C)c(=O)n(C)c2=O)c2ccccc2)c([N+](=O)[O-])c1. The molecular formula is C24H22N4O7. The average molecular weight is 478 g/mol. The number of nitro groups is 1. The number of nitrogens with zero attached hydrogens (tertiary/aromatic N) is 3. The molecule has 0 aliphatic rings. The van der Waals surface area contributed by atoms with Crippen LogP contribution in [0.5, 0.6) is 0 Å². The quantitative estimate of drug-likeness (QED) is 0.237. The Hall–Kier alpha value is -4.80. The van der Waals surface area contributed by atoms with Gasteiger partial charge in [0.15, 0.2) is 0 Å². The lowest BCUT2D eigenvalue weighted by atomic mass is 10.1. The number of hydrogen-bond donors (Lipinski definition) is 1. The van der Waals surface area contributed by atoms with Crippen LogP contribution in [0.2, 0.25) is 0 Å². The second-order valence-corrected chi connectivity index (χ2v) is 7.67. The predicted molar refractivity (Wildman–Crippen MR) is 128 cm³/mol. The van der Waals surface area contributed by atoms with Crippen molar-refractivity contribution in [3.05, 3.63) is 108 Å². The van der Waals surface area contributed by atoms with Crippen molar-refractivity contribution >= 4 is 29.3 Å². The van der Waals surface area contributed by atoms with Crippen LogP contribution in [-0.2, 0) is 28.4 Å². The van der Waals surface area contributed by atoms with Crippen molar-refractivity contribution in [2.45, 2.75) is 13.0 Å². The van der Waals surface area contributed by atoms with Gasteiger partial charge in [-0.15, -0.1) is 0 Å². The van der Waals surface area contributed by atoms with Gasteiger partial charge < -0.3 is 14.6 Å². The van der Waals surface area contributed by atoms with Crippen molar-refractivity contribution < 1.29 is 19.2 Å². The molecule has 0 spiro atoms. The van der Waals surface area contributed by atoms with Gasteiger partial charge >= 0.3 is 11.7 Å². The summed E-state index contributed by atoms with van der Waals surface area (Å²) < 4.78 is 7.43. The third-order valence-electron chi connectivity index (χ3n) is 5.05. The minimum atomic E-state index is -1.43. The minimum absolute atomic E-state index is 0.0492. The molecule has 1 unspecified atom stereocenters. The summed E-state index contributed by atoms with van der Waals surface area (Å²) in [6, 6.07) is 12.4. The summed E-state index contributed by atoms with van der Waals surface area (Å²) in [5.74, 6) is -1.74. The van der Waals surface area contributed by atoms with Crippen molar-refractivity contribution in [2.75, 3.05) is 5.32 Å². The molecule has 1 amide bonds. The Morgan fingerprint density at radius 2 is 1.80 bits per heavy atom. The Kier molecular flexibility index (Phi) is 7.40. The van der Waals surface area contributed by atoms with E-state index >= 15 is 0 Å². The summed E-state index contributed by atoms with van der Waals surface area (Å²) in [5.41, 5.74) is -0.465. The standard InChI is InChI=1S/C24H22N4O7/c1-15-9-11-18(19(13-15)28(33)34)25-22(30)21(16-7-5-4-6-8-16)35-20(29)12-10-17-14-26(2)24(32)27(3)23(17)31/h4-14,21H,1-3H3,(H,25,30)/b12-10+. The normalized spacial score (nSPS) is 11.7. The van der Waals surface area contributed by atoms with Crippen LogP contribution in [-0.4, -0.2) is 25.9 Å². The lowest BCUT2D eigenvalue weighted by Gasteiger charge is -2.17. The van der Waals surface area contributed by atoms with Crippen molar-refractivity contribution in [3.8, 4) is 0 Å². The van der Waals surface area contributed by atoms with Gasteiger partial charge in [0.1, 0.15) is 5.69 Å². The molecular weight excluding hydrogens is 456 g/mol. The molecule has 1 heterocycles. The number of carbonyl (C=O) groups is 2. The number of aromatic nitrogens is 2. The largest absolute Gasteiger partial charge is 0.444 e. The van der Waals surface area contributed by atoms with Crippen LogP contribution in [0.1, 0.15) is 22.8 Å². The molecule has 0 radical (unpaired) electrons. The number of amides is 1. The molecule has 11 nitrogen and oxygen atoms in total. The molecule has 0 aliphatic carbocycles. The highest BCUT2D eigenvalue weighted by Crippen LogP contribution is 2.27. The molecule has 0 saturated heterocycles. The number of ether oxygens (including phenoxy) is 1. The number of benzene rings is 2. The third-order valence-corrected chi connectivity index (χ3v) is 5.05. The number of nitro benzene ring substituents is 1. The Labute approximate surface area is 199 Å². The molecule has 11 heteroatoms. The van der Waals surface area contributed by atoms with E-state index in [-0.39, 0.29) is 16.9 Å². The topological polar surface area (TPSA) is 143 Å². The maximum Gasteiger partial charge on any atom is 0.331 e. The van der Waals surface area contributed by atoms with E-state index in [0.29, 0.717) is 11.1 Å². The summed E-state index contributed by atoms with van der Waals surface area (Å²) in [6.07, 6.45) is 1.97. The molecule has 0 bridgehead atoms. The number of esters is 1. The molecule has 0 fully saturated rings. The van der Waals surface area contributed by atoms with Crippen LogP contribution in [0, 0.1) is 17.0 Å². The third kappa shape index (κ3) is 5.77. The van der Waals surface area contributed by atoms with Crippen molar-refractivity contribution in [1.82, 2.24) is 9.13 Å². The zero-order valence-corrected chi connectivity index (χ0v) is 19.1. The van der Waals surface area contributed by atoms with Gasteiger partial charge in [-0.25, -0.2) is 9.59 Å². The monoisotopic (exact) mass is 478 g/mol. The van der Waals surface area contributed by atoms with E-state index in [1.165, 1.54) is 43.1 Å². The fourth-order valence-corrected chi connectivity index (χ4v) is 3.26. The van der Waals surface area contributed by atoms with E-state index in [4.69, 9.17) is 4.74 Å². The van der Waals surface area contributed by atoms with Gasteiger partial charge in [0.2, 0.25) is 6.10 Å². The predicted octanol–water partition coefficient (Wildman–Crippen LogP) is 2.24. The van der Waals surface area contributed by atoms with E-state index in [0.717, 1.165) is 10.6 Å². The van der Waals surface area contributed by atoms with Crippen molar-refractivity contribution in [2.24, 2.45) is 14.1 Å². The first-order chi connectivity index (χ1) is 16.6. The van der Waals surface area contributed by atoms with Crippen LogP contribution in [0.3, 0.4) is 0 Å². The lowest BCUT2D eigenvalue weighted by molar-refractivity contribution is -0.384. The second kappa shape index (κ2) is 10.4. The van der Waals surface area contributed by atoms with Crippen LogP contribution < -0.4 is 16.6 Å². The highest BCUT2D eigenvalue weighted by molar-refractivity contribution is 5.99. The summed E-state index contributed by atoms with van der Waals surface area (Å²) in [5, 5.41) is 13.9. The summed E-state index contributed by atoms with van der Waals surface area (Å²) in [6.45, 7) is 1.68. The maximum absolute atomic E-state index is 13.0. The number of anilines is 1. The van der Waals surface area contributed by atoms with E-state index in [2.05, 4.69) is 5.32 Å². The molecule has 1 aromatic heterocycles. The summed E-state index contributed by atoms with van der Waals surface area (Å²) in [7, 11) is 2.76. The highest BCUT2D eigenvalue weighted by atomic mass is 16.6. The van der Waals surface area contributed by atoms with Crippen LogP contribution in [0.4, 0.5) is 11.4 Å². The summed E-state index contributed by atoms with van der Waals surface area (Å²) in [4.78, 5) is 60.4. The molecule has 1 atom stereocenters. The van der Waals surface area contributed by atoms with Crippen LogP contribution in [0.25, 0.3) is 6.08 Å². The van der Waals surface area contributed by atoms with Gasteiger partial charge in [-0.05, 0) is 24.6 Å². The highest BCUT2D eigenvalue weighted by Gasteiger charge is 2.27. The molecule has 0 aliphatic heterocycles. The average Bonchev–Trinajstić information content (AvgIpc) is 2.84. The van der Waals surface area contributed by atoms with Crippen LogP contribution in [0.15, 0.2) is 70.4 Å². The Bertz CT molecular complexity index is 1440. The van der Waals surface area contributed by atoms with Gasteiger partial charge in [0, 0.05) is 38.0 Å². The number of rotatable bonds is 7. The van der Waals surface area contributed by atoms with Gasteiger partial charge in [0.05, 0.1) is 10.5 Å². The number of hydrogen-bond acceptors (Lipinski definition) is 7. The maximum atomic E-state index is 13.0. The Morgan fingerprint density at radius 3 is 2.46 bits per heavy atom. The van der Waals surface area contributed by atoms with Gasteiger partial charge in [0.25, 0.3) is 17.2 Å². The Balaban J connectivity index is 1.88. The molecule has 180 valence electrons. The zero-order chi connectivity index (χ0) is 25.7. The first kappa shape index (κ1) is 24.8. The molecule has 1 N–H and O–H groups in total. The first-order valence-corrected chi connectivity index (χ1v) is 10.3. The van der Waals surface area contributed by atoms with E-state index in [9.17, 15) is 29.3 Å². The lowest BCUT2D eigenvalue weighted by Crippen LogP contribution is -2.37. The Morgan fingerprint density at radius 1 is 1.11 bits per heavy atom. The fraction of sp³-hybridized carbons (Fsp3) is 0.167. The zero-order valence-electron chi connectivity index (χ0n) is 19.1. The van der Waals surface area contributed by atoms with E-state index < -0.39 is 34.2 Å². The second-order valence-electron chi connectivity index (χ2n) is 7.67. The number of aryl methyl sites for hydroxylation is 2. The first-order valence-electron chi connectivity index (χ1n) is 10.3. The van der Waals surface area contributed by atoms with Gasteiger partial charge in [-0.1, -0.05) is 36.4 Å². The van der Waals surface area contributed by atoms with E-state index in [1.807, 2.05) is 0 Å².